The molecule has 0 bridgehead atoms. The number of benzene rings is 1. The number of hydrogen-bond acceptors (Lipinski definition) is 6. The van der Waals surface area contributed by atoms with Gasteiger partial charge in [0.1, 0.15) is 0 Å². The molecule has 0 saturated carbocycles. The molecule has 0 aromatic heterocycles. The minimum absolute atomic E-state index is 0.184. The van der Waals surface area contributed by atoms with E-state index < -0.39 is 10.9 Å². The molecule has 0 atom stereocenters. The number of aliphatic hydroxyl groups is 1. The second-order valence-corrected chi connectivity index (χ2v) is 7.33. The highest BCUT2D eigenvalue weighted by molar-refractivity contribution is 8.21. The Labute approximate surface area is 140 Å². The van der Waals surface area contributed by atoms with Crippen LogP contribution < -0.4 is 0 Å². The van der Waals surface area contributed by atoms with Gasteiger partial charge in [-0.25, -0.2) is 0 Å². The van der Waals surface area contributed by atoms with Gasteiger partial charge in [-0.3, -0.25) is 12.5 Å². The Balaban J connectivity index is 0.000000980. The molecule has 130 valence electrons. The maximum atomic E-state index is 8.85. The van der Waals surface area contributed by atoms with Crippen LogP contribution in [0, 0.1) is 0 Å². The normalized spacial score (nSPS) is 11.7. The van der Waals surface area contributed by atoms with Gasteiger partial charge in [-0.15, -0.1) is 0 Å². The summed E-state index contributed by atoms with van der Waals surface area (Å²) in [6, 6.07) is 8.20. The number of hydrogen-bond donors (Lipinski definition) is 1. The second-order valence-electron chi connectivity index (χ2n) is 4.14. The summed E-state index contributed by atoms with van der Waals surface area (Å²) in [4.78, 5) is 0. The van der Waals surface area contributed by atoms with Crippen molar-refractivity contribution in [1.82, 2.24) is 0 Å². The summed E-state index contributed by atoms with van der Waals surface area (Å²) in [5.41, 5.74) is 2.35. The third-order valence-corrected chi connectivity index (χ3v) is 5.55. The van der Waals surface area contributed by atoms with Gasteiger partial charge in [0.2, 0.25) is 0 Å². The highest BCUT2D eigenvalue weighted by Crippen LogP contribution is 2.49. The highest BCUT2D eigenvalue weighted by Gasteiger charge is 2.22. The molecule has 1 rings (SSSR count). The molecule has 0 heterocycles. The quantitative estimate of drug-likeness (QED) is 0.689. The summed E-state index contributed by atoms with van der Waals surface area (Å²) >= 11 is 1.36. The van der Waals surface area contributed by atoms with Crippen molar-refractivity contribution in [2.45, 2.75) is 12.8 Å². The van der Waals surface area contributed by atoms with Crippen molar-refractivity contribution in [2.24, 2.45) is 0 Å². The lowest BCUT2D eigenvalue weighted by Crippen LogP contribution is -2.12. The minimum atomic E-state index is -1.87. The van der Waals surface area contributed by atoms with E-state index in [1.165, 1.54) is 17.6 Å². The monoisotopic (exact) mass is 352 g/mol. The van der Waals surface area contributed by atoms with Crippen molar-refractivity contribution < 1.29 is 21.8 Å². The van der Waals surface area contributed by atoms with Crippen molar-refractivity contribution >= 4 is 22.9 Å². The van der Waals surface area contributed by atoms with Gasteiger partial charge in [0.05, 0.1) is 45.1 Å². The molecule has 22 heavy (non-hydrogen) atoms. The standard InChI is InChI=1S/C13H22O4S.C2H6OS/c1-15-18(16-2,17-3)11-9-13-6-4-12(5-7-13)8-10-14;1-3-4-2/h4-7,14H,8-11H2,1-3H3;1-2H3. The van der Waals surface area contributed by atoms with Crippen LogP contribution in [-0.2, 0) is 29.6 Å². The first kappa shape index (κ1) is 21.7. The third-order valence-electron chi connectivity index (χ3n) is 2.99. The van der Waals surface area contributed by atoms with Gasteiger partial charge in [-0.05, 0) is 36.0 Å². The van der Waals surface area contributed by atoms with Crippen LogP contribution in [-0.4, -0.2) is 52.2 Å². The van der Waals surface area contributed by atoms with E-state index >= 15 is 0 Å². The van der Waals surface area contributed by atoms with Gasteiger partial charge < -0.3 is 9.29 Å². The molecule has 0 aliphatic heterocycles. The third kappa shape index (κ3) is 8.38. The molecule has 0 saturated heterocycles. The van der Waals surface area contributed by atoms with Crippen LogP contribution >= 0.6 is 22.9 Å². The van der Waals surface area contributed by atoms with Gasteiger partial charge in [0.15, 0.2) is 0 Å². The zero-order chi connectivity index (χ0) is 16.8. The van der Waals surface area contributed by atoms with Gasteiger partial charge in [0, 0.05) is 12.9 Å². The molecule has 1 aromatic rings. The molecule has 0 amide bonds. The molecule has 1 aromatic carbocycles. The molecule has 0 aliphatic carbocycles. The van der Waals surface area contributed by atoms with Crippen molar-refractivity contribution in [3.63, 3.8) is 0 Å². The molecule has 0 spiro atoms. The SMILES string of the molecule is COS(CCc1ccc(CCO)cc1)(OC)OC.COSC. The van der Waals surface area contributed by atoms with Crippen molar-refractivity contribution in [2.75, 3.05) is 47.1 Å². The molecule has 5 nitrogen and oxygen atoms in total. The van der Waals surface area contributed by atoms with Crippen molar-refractivity contribution in [1.29, 1.82) is 0 Å². The average molecular weight is 353 g/mol. The largest absolute Gasteiger partial charge is 0.396 e. The van der Waals surface area contributed by atoms with E-state index in [0.29, 0.717) is 12.2 Å². The van der Waals surface area contributed by atoms with E-state index in [4.69, 9.17) is 17.7 Å². The van der Waals surface area contributed by atoms with Crippen LogP contribution in [0.3, 0.4) is 0 Å². The van der Waals surface area contributed by atoms with Crippen molar-refractivity contribution in [3.05, 3.63) is 35.4 Å². The maximum absolute atomic E-state index is 8.85. The Morgan fingerprint density at radius 2 is 1.32 bits per heavy atom. The molecule has 0 aliphatic rings. The van der Waals surface area contributed by atoms with E-state index in [9.17, 15) is 0 Å². The van der Waals surface area contributed by atoms with Crippen LogP contribution in [0.15, 0.2) is 24.3 Å². The Hall–Kier alpha value is -0.280. The molecular weight excluding hydrogens is 324 g/mol. The predicted octanol–water partition coefficient (Wildman–Crippen LogP) is 3.16. The first-order valence-corrected chi connectivity index (χ1v) is 9.57. The van der Waals surface area contributed by atoms with Crippen LogP contribution in [0.2, 0.25) is 0 Å². The van der Waals surface area contributed by atoms with E-state index in [1.54, 1.807) is 28.4 Å². The Morgan fingerprint density at radius 1 is 0.909 bits per heavy atom. The lowest BCUT2D eigenvalue weighted by molar-refractivity contribution is 0.248. The van der Waals surface area contributed by atoms with Gasteiger partial charge in [-0.2, -0.15) is 0 Å². The summed E-state index contributed by atoms with van der Waals surface area (Å²) in [5.74, 6) is 0.704. The zero-order valence-electron chi connectivity index (χ0n) is 14.0. The minimum Gasteiger partial charge on any atom is -0.396 e. The maximum Gasteiger partial charge on any atom is 0.0882 e. The Kier molecular flexibility index (Phi) is 13.0. The van der Waals surface area contributed by atoms with Crippen LogP contribution in [0.5, 0.6) is 0 Å². The summed E-state index contributed by atoms with van der Waals surface area (Å²) in [6.07, 6.45) is 3.41. The van der Waals surface area contributed by atoms with Gasteiger partial charge in [-0.1, -0.05) is 24.3 Å². The topological polar surface area (TPSA) is 57.2 Å². The molecular formula is C15H28O5S2. The fourth-order valence-corrected chi connectivity index (χ4v) is 3.09. The zero-order valence-corrected chi connectivity index (χ0v) is 15.7. The summed E-state index contributed by atoms with van der Waals surface area (Å²) < 4.78 is 20.4. The molecule has 0 fully saturated rings. The van der Waals surface area contributed by atoms with Gasteiger partial charge >= 0.3 is 0 Å². The number of aliphatic hydroxyl groups excluding tert-OH is 1. The summed E-state index contributed by atoms with van der Waals surface area (Å²) in [6.45, 7) is 0.184. The first-order chi connectivity index (χ1) is 10.6. The van der Waals surface area contributed by atoms with Gasteiger partial charge in [0.25, 0.3) is 0 Å². The average Bonchev–Trinajstić information content (AvgIpc) is 2.58. The van der Waals surface area contributed by atoms with Crippen molar-refractivity contribution in [3.8, 4) is 0 Å². The predicted molar refractivity (Wildman–Crippen MR) is 94.9 cm³/mol. The lowest BCUT2D eigenvalue weighted by atomic mass is 10.1. The smallest absolute Gasteiger partial charge is 0.0882 e. The fraction of sp³-hybridized carbons (Fsp3) is 0.600. The summed E-state index contributed by atoms with van der Waals surface area (Å²) in [5, 5.41) is 8.85. The lowest BCUT2D eigenvalue weighted by Gasteiger charge is -2.33. The fourth-order valence-electron chi connectivity index (χ4n) is 1.70. The van der Waals surface area contributed by atoms with E-state index in [2.05, 4.69) is 16.3 Å². The van der Waals surface area contributed by atoms with Crippen LogP contribution in [0.4, 0.5) is 0 Å². The Morgan fingerprint density at radius 3 is 1.64 bits per heavy atom. The molecule has 7 heteroatoms. The number of rotatable bonds is 9. The molecule has 0 unspecified atom stereocenters. The Bertz CT molecular complexity index is 358. The highest BCUT2D eigenvalue weighted by atomic mass is 32.3. The van der Waals surface area contributed by atoms with E-state index in [0.717, 1.165) is 12.0 Å². The van der Waals surface area contributed by atoms with Crippen LogP contribution in [0.1, 0.15) is 11.1 Å². The van der Waals surface area contributed by atoms with Crippen LogP contribution in [0.25, 0.3) is 0 Å². The number of aryl methyl sites for hydroxylation is 1. The molecule has 1 N–H and O–H groups in total. The van der Waals surface area contributed by atoms with E-state index in [-0.39, 0.29) is 6.61 Å². The first-order valence-electron chi connectivity index (χ1n) is 6.84. The van der Waals surface area contributed by atoms with E-state index in [1.807, 2.05) is 18.4 Å². The second kappa shape index (κ2) is 13.2. The molecule has 0 radical (unpaired) electrons. The summed E-state index contributed by atoms with van der Waals surface area (Å²) in [7, 11) is 4.59.